The number of hydrogen-bond donors (Lipinski definition) is 1. The lowest BCUT2D eigenvalue weighted by molar-refractivity contribution is -0.136. The van der Waals surface area contributed by atoms with Crippen molar-refractivity contribution in [1.29, 1.82) is 0 Å². The zero-order chi connectivity index (χ0) is 10.1. The van der Waals surface area contributed by atoms with E-state index in [4.69, 9.17) is 5.11 Å². The molecule has 4 nitrogen and oxygen atoms in total. The normalized spacial score (nSPS) is 10.6. The van der Waals surface area contributed by atoms with Crippen molar-refractivity contribution < 1.29 is 9.90 Å². The number of carboxylic acids is 1. The number of aliphatic carboxylic acids is 1. The second-order valence-corrected chi connectivity index (χ2v) is 3.83. The molecule has 2 rings (SSSR count). The van der Waals surface area contributed by atoms with Crippen molar-refractivity contribution in [1.82, 2.24) is 9.61 Å². The Labute approximate surface area is 88.3 Å². The first-order chi connectivity index (χ1) is 6.66. The number of rotatable bonds is 2. The average Bonchev–Trinajstić information content (AvgIpc) is 2.47. The largest absolute Gasteiger partial charge is 0.481 e. The van der Waals surface area contributed by atoms with Gasteiger partial charge in [0.1, 0.15) is 0 Å². The molecule has 72 valence electrons. The molecule has 0 amide bonds. The Morgan fingerprint density at radius 1 is 1.64 bits per heavy atom. The molecule has 0 aliphatic carbocycles. The number of halogens is 1. The van der Waals surface area contributed by atoms with Gasteiger partial charge in [-0.25, -0.2) is 4.52 Å². The lowest BCUT2D eigenvalue weighted by Crippen LogP contribution is -1.99. The van der Waals surface area contributed by atoms with Crippen molar-refractivity contribution in [2.24, 2.45) is 0 Å². The van der Waals surface area contributed by atoms with E-state index >= 15 is 0 Å². The summed E-state index contributed by atoms with van der Waals surface area (Å²) in [5.74, 6) is -0.847. The Kier molecular flexibility index (Phi) is 2.25. The monoisotopic (exact) mass is 254 g/mol. The highest BCUT2D eigenvalue weighted by Gasteiger charge is 2.07. The predicted octanol–water partition coefficient (Wildman–Crippen LogP) is 1.72. The summed E-state index contributed by atoms with van der Waals surface area (Å²) in [6, 6.07) is 3.70. The van der Waals surface area contributed by atoms with Crippen molar-refractivity contribution in [2.75, 3.05) is 0 Å². The zero-order valence-corrected chi connectivity index (χ0v) is 8.73. The van der Waals surface area contributed by atoms with Crippen LogP contribution < -0.4 is 0 Å². The molecule has 0 bridgehead atoms. The van der Waals surface area contributed by atoms with Gasteiger partial charge in [0, 0.05) is 16.2 Å². The maximum Gasteiger partial charge on any atom is 0.307 e. The van der Waals surface area contributed by atoms with Gasteiger partial charge in [0.15, 0.2) is 0 Å². The summed E-state index contributed by atoms with van der Waals surface area (Å²) in [4.78, 5) is 10.5. The van der Waals surface area contributed by atoms with E-state index in [1.165, 1.54) is 0 Å². The topological polar surface area (TPSA) is 54.6 Å². The summed E-state index contributed by atoms with van der Waals surface area (Å²) >= 11 is 3.33. The molecule has 0 saturated carbocycles. The number of carbonyl (C=O) groups is 1. The molecule has 0 unspecified atom stereocenters. The maximum atomic E-state index is 10.5. The fraction of sp³-hybridized carbons (Fsp3) is 0.111. The Balaban J connectivity index is 2.55. The van der Waals surface area contributed by atoms with Crippen molar-refractivity contribution in [2.45, 2.75) is 6.42 Å². The SMILES string of the molecule is O=C(O)Cc1cnn2ccc(Br)cc12. The standard InChI is InChI=1S/C9H7BrN2O2/c10-7-1-2-12-8(4-7)6(5-11-12)3-9(13)14/h1-2,4-5H,3H2,(H,13,14). The van der Waals surface area contributed by atoms with E-state index in [1.54, 1.807) is 16.9 Å². The first kappa shape index (κ1) is 9.21. The van der Waals surface area contributed by atoms with Gasteiger partial charge in [-0.15, -0.1) is 0 Å². The average molecular weight is 255 g/mol. The second kappa shape index (κ2) is 3.42. The Morgan fingerprint density at radius 3 is 3.14 bits per heavy atom. The highest BCUT2D eigenvalue weighted by molar-refractivity contribution is 9.10. The van der Waals surface area contributed by atoms with E-state index < -0.39 is 5.97 Å². The van der Waals surface area contributed by atoms with Crippen molar-refractivity contribution in [3.05, 3.63) is 34.6 Å². The molecule has 0 radical (unpaired) electrons. The number of fused-ring (bicyclic) bond motifs is 1. The summed E-state index contributed by atoms with van der Waals surface area (Å²) in [6.07, 6.45) is 3.36. The fourth-order valence-electron chi connectivity index (χ4n) is 1.30. The first-order valence-corrected chi connectivity index (χ1v) is 4.79. The molecule has 5 heteroatoms. The Morgan fingerprint density at radius 2 is 2.43 bits per heavy atom. The third-order valence-electron chi connectivity index (χ3n) is 1.91. The summed E-state index contributed by atoms with van der Waals surface area (Å²) in [6.45, 7) is 0. The lowest BCUT2D eigenvalue weighted by atomic mass is 10.2. The van der Waals surface area contributed by atoms with Crippen LogP contribution in [0.2, 0.25) is 0 Å². The molecule has 1 N–H and O–H groups in total. The van der Waals surface area contributed by atoms with Crippen LogP contribution in [0, 0.1) is 0 Å². The van der Waals surface area contributed by atoms with Crippen LogP contribution in [0.15, 0.2) is 29.0 Å². The third-order valence-corrected chi connectivity index (χ3v) is 2.40. The van der Waals surface area contributed by atoms with Crippen molar-refractivity contribution in [3.8, 4) is 0 Å². The van der Waals surface area contributed by atoms with Crippen LogP contribution in [0.3, 0.4) is 0 Å². The Hall–Kier alpha value is -1.36. The molecule has 14 heavy (non-hydrogen) atoms. The van der Waals surface area contributed by atoms with E-state index in [-0.39, 0.29) is 6.42 Å². The first-order valence-electron chi connectivity index (χ1n) is 4.00. The van der Waals surface area contributed by atoms with Gasteiger partial charge < -0.3 is 5.11 Å². The van der Waals surface area contributed by atoms with Gasteiger partial charge >= 0.3 is 5.97 Å². The van der Waals surface area contributed by atoms with Crippen LogP contribution in [0.1, 0.15) is 5.56 Å². The van der Waals surface area contributed by atoms with E-state index in [2.05, 4.69) is 21.0 Å². The highest BCUT2D eigenvalue weighted by Crippen LogP contribution is 2.16. The third kappa shape index (κ3) is 1.63. The van der Waals surface area contributed by atoms with E-state index in [1.807, 2.05) is 12.1 Å². The molecular formula is C9H7BrN2O2. The van der Waals surface area contributed by atoms with Gasteiger partial charge in [-0.2, -0.15) is 5.10 Å². The number of carboxylic acid groups (broad SMARTS) is 1. The van der Waals surface area contributed by atoms with Gasteiger partial charge in [0.2, 0.25) is 0 Å². The zero-order valence-electron chi connectivity index (χ0n) is 7.14. The summed E-state index contributed by atoms with van der Waals surface area (Å²) in [5.41, 5.74) is 1.54. The van der Waals surface area contributed by atoms with Gasteiger partial charge in [0.05, 0.1) is 18.1 Å². The van der Waals surface area contributed by atoms with Crippen LogP contribution in [-0.2, 0) is 11.2 Å². The van der Waals surface area contributed by atoms with Crippen molar-refractivity contribution >= 4 is 27.4 Å². The van der Waals surface area contributed by atoms with Crippen LogP contribution in [0.4, 0.5) is 0 Å². The smallest absolute Gasteiger partial charge is 0.307 e. The number of nitrogens with zero attached hydrogens (tertiary/aromatic N) is 2. The second-order valence-electron chi connectivity index (χ2n) is 2.92. The number of aromatic nitrogens is 2. The summed E-state index contributed by atoms with van der Waals surface area (Å²) in [7, 11) is 0. The minimum Gasteiger partial charge on any atom is -0.481 e. The Bertz CT molecular complexity index is 493. The van der Waals surface area contributed by atoms with Crippen molar-refractivity contribution in [3.63, 3.8) is 0 Å². The van der Waals surface area contributed by atoms with Crippen LogP contribution >= 0.6 is 15.9 Å². The number of hydrogen-bond acceptors (Lipinski definition) is 2. The molecule has 2 aromatic heterocycles. The highest BCUT2D eigenvalue weighted by atomic mass is 79.9. The molecular weight excluding hydrogens is 248 g/mol. The van der Waals surface area contributed by atoms with Crippen LogP contribution in [0.25, 0.3) is 5.52 Å². The minimum absolute atomic E-state index is 0.0000463. The van der Waals surface area contributed by atoms with Crippen LogP contribution in [-0.4, -0.2) is 20.7 Å². The van der Waals surface area contributed by atoms with Gasteiger partial charge in [0.25, 0.3) is 0 Å². The summed E-state index contributed by atoms with van der Waals surface area (Å²) < 4.78 is 2.57. The molecule has 0 fully saturated rings. The molecule has 0 spiro atoms. The molecule has 2 heterocycles. The molecule has 0 aliphatic rings. The van der Waals surface area contributed by atoms with Gasteiger partial charge in [-0.1, -0.05) is 15.9 Å². The minimum atomic E-state index is -0.847. The maximum absolute atomic E-state index is 10.5. The fourth-order valence-corrected chi connectivity index (χ4v) is 1.64. The molecule has 0 aromatic carbocycles. The van der Waals surface area contributed by atoms with E-state index in [9.17, 15) is 4.79 Å². The molecule has 0 aliphatic heterocycles. The van der Waals surface area contributed by atoms with Crippen LogP contribution in [0.5, 0.6) is 0 Å². The number of pyridine rings is 1. The van der Waals surface area contributed by atoms with Gasteiger partial charge in [-0.05, 0) is 12.1 Å². The van der Waals surface area contributed by atoms with E-state index in [0.29, 0.717) is 0 Å². The predicted molar refractivity (Wildman–Crippen MR) is 54.2 cm³/mol. The molecule has 2 aromatic rings. The quantitative estimate of drug-likeness (QED) is 0.888. The van der Waals surface area contributed by atoms with E-state index in [0.717, 1.165) is 15.6 Å². The molecule has 0 atom stereocenters. The van der Waals surface area contributed by atoms with Gasteiger partial charge in [-0.3, -0.25) is 4.79 Å². The molecule has 0 saturated heterocycles. The summed E-state index contributed by atoms with van der Waals surface area (Å²) in [5, 5.41) is 12.7. The lowest BCUT2D eigenvalue weighted by Gasteiger charge is -1.96.